The van der Waals surface area contributed by atoms with Crippen LogP contribution in [-0.4, -0.2) is 27.4 Å². The van der Waals surface area contributed by atoms with Crippen LogP contribution in [0.3, 0.4) is 0 Å². The van der Waals surface area contributed by atoms with Gasteiger partial charge < -0.3 is 9.15 Å². The van der Waals surface area contributed by atoms with Crippen molar-refractivity contribution in [2.24, 2.45) is 0 Å². The molecule has 3 aromatic rings. The van der Waals surface area contributed by atoms with Crippen molar-refractivity contribution >= 4 is 16.7 Å². The smallest absolute Gasteiger partial charge is 0.314 e. The molecule has 0 aliphatic heterocycles. The van der Waals surface area contributed by atoms with Gasteiger partial charge in [-0.25, -0.2) is 0 Å². The molecule has 0 unspecified atom stereocenters. The first-order valence-corrected chi connectivity index (χ1v) is 8.98. The second kappa shape index (κ2) is 6.92. The topological polar surface area (TPSA) is 83.3 Å². The fourth-order valence-electron chi connectivity index (χ4n) is 3.72. The van der Waals surface area contributed by atoms with Crippen LogP contribution in [0.4, 0.5) is 5.69 Å². The summed E-state index contributed by atoms with van der Waals surface area (Å²) in [6.45, 7) is 2.73. The Kier molecular flexibility index (Phi) is 4.46. The second-order valence-electron chi connectivity index (χ2n) is 6.66. The Morgan fingerprint density at radius 1 is 1.31 bits per heavy atom. The van der Waals surface area contributed by atoms with E-state index < -0.39 is 0 Å². The Morgan fingerprint density at radius 3 is 2.85 bits per heavy atom. The number of nitrogens with zero attached hydrogens (tertiary/aromatic N) is 3. The number of furan rings is 1. The molecule has 4 rings (SSSR count). The van der Waals surface area contributed by atoms with Crippen molar-refractivity contribution in [1.29, 1.82) is 0 Å². The first kappa shape index (κ1) is 16.8. The molecule has 1 saturated carbocycles. The molecule has 1 aromatic carbocycles. The third-order valence-corrected chi connectivity index (χ3v) is 5.06. The summed E-state index contributed by atoms with van der Waals surface area (Å²) in [5, 5.41) is 17.1. The summed E-state index contributed by atoms with van der Waals surface area (Å²) in [4.78, 5) is 11.2. The number of fused-ring (bicyclic) bond motifs is 1. The zero-order valence-corrected chi connectivity index (χ0v) is 14.6. The van der Waals surface area contributed by atoms with Gasteiger partial charge in [-0.15, -0.1) is 0 Å². The van der Waals surface area contributed by atoms with Gasteiger partial charge in [-0.05, 0) is 44.7 Å². The number of hydrogen-bond acceptors (Lipinski definition) is 5. The molecule has 2 aromatic heterocycles. The van der Waals surface area contributed by atoms with Crippen molar-refractivity contribution in [3.05, 3.63) is 46.8 Å². The highest BCUT2D eigenvalue weighted by Crippen LogP contribution is 2.35. The second-order valence-corrected chi connectivity index (χ2v) is 6.66. The van der Waals surface area contributed by atoms with E-state index in [1.54, 1.807) is 23.2 Å². The fraction of sp³-hybridized carbons (Fsp3) is 0.421. The van der Waals surface area contributed by atoms with E-state index in [0.29, 0.717) is 22.9 Å². The number of nitro groups is 1. The van der Waals surface area contributed by atoms with Crippen LogP contribution in [0.25, 0.3) is 22.2 Å². The van der Waals surface area contributed by atoms with Crippen molar-refractivity contribution in [3.63, 3.8) is 0 Å². The molecule has 7 nitrogen and oxygen atoms in total. The van der Waals surface area contributed by atoms with E-state index in [4.69, 9.17) is 9.15 Å². The van der Waals surface area contributed by atoms with Crippen LogP contribution in [0, 0.1) is 10.1 Å². The maximum absolute atomic E-state index is 11.6. The molecule has 26 heavy (non-hydrogen) atoms. The summed E-state index contributed by atoms with van der Waals surface area (Å²) in [6.07, 6.45) is 7.22. The molecule has 1 aliphatic carbocycles. The summed E-state index contributed by atoms with van der Waals surface area (Å²) in [5.74, 6) is 0. The lowest BCUT2D eigenvalue weighted by atomic mass is 9.93. The van der Waals surface area contributed by atoms with Crippen molar-refractivity contribution < 1.29 is 14.1 Å². The third-order valence-electron chi connectivity index (χ3n) is 5.06. The Hall–Kier alpha value is -2.67. The summed E-state index contributed by atoms with van der Waals surface area (Å²) < 4.78 is 12.9. The first-order valence-electron chi connectivity index (χ1n) is 8.98. The predicted molar refractivity (Wildman–Crippen MR) is 97.0 cm³/mol. The quantitative estimate of drug-likeness (QED) is 0.488. The molecule has 7 heteroatoms. The maximum Gasteiger partial charge on any atom is 0.314 e. The van der Waals surface area contributed by atoms with E-state index in [9.17, 15) is 10.1 Å². The molecule has 0 amide bonds. The lowest BCUT2D eigenvalue weighted by Crippen LogP contribution is -2.24. The van der Waals surface area contributed by atoms with Crippen LogP contribution >= 0.6 is 0 Å². The lowest BCUT2D eigenvalue weighted by Gasteiger charge is -2.28. The number of hydrogen-bond donors (Lipinski definition) is 0. The average molecular weight is 355 g/mol. The third kappa shape index (κ3) is 3.10. The summed E-state index contributed by atoms with van der Waals surface area (Å²) in [6, 6.07) is 7.59. The molecule has 136 valence electrons. The van der Waals surface area contributed by atoms with Crippen LogP contribution in [-0.2, 0) is 4.74 Å². The molecule has 1 aliphatic rings. The van der Waals surface area contributed by atoms with Crippen LogP contribution in [0.1, 0.15) is 38.6 Å². The first-order chi connectivity index (χ1) is 12.7. The largest absolute Gasteiger partial charge is 0.464 e. The van der Waals surface area contributed by atoms with Crippen molar-refractivity contribution in [2.45, 2.75) is 44.8 Å². The summed E-state index contributed by atoms with van der Waals surface area (Å²) >= 11 is 0. The number of rotatable bonds is 5. The fourth-order valence-corrected chi connectivity index (χ4v) is 3.72. The molecular weight excluding hydrogens is 334 g/mol. The van der Waals surface area contributed by atoms with Crippen LogP contribution < -0.4 is 0 Å². The molecule has 0 atom stereocenters. The van der Waals surface area contributed by atoms with Crippen molar-refractivity contribution in [1.82, 2.24) is 9.78 Å². The van der Waals surface area contributed by atoms with Crippen molar-refractivity contribution in [3.8, 4) is 11.3 Å². The molecule has 0 saturated heterocycles. The molecular formula is C19H21N3O4. The van der Waals surface area contributed by atoms with Gasteiger partial charge in [0.05, 0.1) is 23.3 Å². The van der Waals surface area contributed by atoms with Gasteiger partial charge >= 0.3 is 5.69 Å². The zero-order chi connectivity index (χ0) is 18.1. The predicted octanol–water partition coefficient (Wildman–Crippen LogP) is 4.72. The van der Waals surface area contributed by atoms with Gasteiger partial charge in [-0.1, -0.05) is 12.1 Å². The Balaban J connectivity index is 1.64. The highest BCUT2D eigenvalue weighted by Gasteiger charge is 2.28. The minimum atomic E-state index is -0.364. The van der Waals surface area contributed by atoms with Gasteiger partial charge in [0.1, 0.15) is 11.8 Å². The standard InChI is InChI=1S/C19H21N3O4/c1-2-25-16-7-5-15(6-8-16)21-12-17(22(23)24)19(20-21)14-4-3-13-9-10-26-18(13)11-14/h3-4,9-12,15-16H,2,5-8H2,1H3/t15-,16-. The zero-order valence-electron chi connectivity index (χ0n) is 14.6. The Labute approximate surface area is 150 Å². The SMILES string of the molecule is CCO[C@H]1CC[C@H](n2cc([N+](=O)[O-])c(-c3ccc4ccoc4c3)n2)CC1. The van der Waals surface area contributed by atoms with Gasteiger partial charge in [0.25, 0.3) is 0 Å². The van der Waals surface area contributed by atoms with Crippen LogP contribution in [0.5, 0.6) is 0 Å². The average Bonchev–Trinajstić information content (AvgIpc) is 3.29. The van der Waals surface area contributed by atoms with Crippen LogP contribution in [0.2, 0.25) is 0 Å². The molecule has 0 bridgehead atoms. The number of ether oxygens (including phenoxy) is 1. The minimum absolute atomic E-state index is 0.0304. The highest BCUT2D eigenvalue weighted by molar-refractivity contribution is 5.84. The van der Waals surface area contributed by atoms with E-state index >= 15 is 0 Å². The van der Waals surface area contributed by atoms with Gasteiger partial charge in [-0.2, -0.15) is 5.10 Å². The summed E-state index contributed by atoms with van der Waals surface area (Å²) in [5.41, 5.74) is 1.81. The molecule has 0 spiro atoms. The maximum atomic E-state index is 11.6. The van der Waals surface area contributed by atoms with Gasteiger partial charge in [0.15, 0.2) is 5.69 Å². The van der Waals surface area contributed by atoms with E-state index in [2.05, 4.69) is 5.10 Å². The Morgan fingerprint density at radius 2 is 2.12 bits per heavy atom. The van der Waals surface area contributed by atoms with E-state index in [0.717, 1.165) is 37.7 Å². The normalized spacial score (nSPS) is 20.5. The van der Waals surface area contributed by atoms with Crippen molar-refractivity contribution in [2.75, 3.05) is 6.61 Å². The van der Waals surface area contributed by atoms with E-state index in [1.165, 1.54) is 0 Å². The molecule has 1 fully saturated rings. The monoisotopic (exact) mass is 355 g/mol. The molecule has 0 N–H and O–H groups in total. The highest BCUT2D eigenvalue weighted by atomic mass is 16.6. The van der Waals surface area contributed by atoms with E-state index in [1.807, 2.05) is 25.1 Å². The van der Waals surface area contributed by atoms with Crippen LogP contribution in [0.15, 0.2) is 41.1 Å². The number of aromatic nitrogens is 2. The lowest BCUT2D eigenvalue weighted by molar-refractivity contribution is -0.384. The minimum Gasteiger partial charge on any atom is -0.464 e. The van der Waals surface area contributed by atoms with E-state index in [-0.39, 0.29) is 16.7 Å². The molecule has 0 radical (unpaired) electrons. The Bertz CT molecular complexity index is 922. The summed E-state index contributed by atoms with van der Waals surface area (Å²) in [7, 11) is 0. The molecule has 2 heterocycles. The van der Waals surface area contributed by atoms with Gasteiger partial charge in [-0.3, -0.25) is 14.8 Å². The van der Waals surface area contributed by atoms with Gasteiger partial charge in [0.2, 0.25) is 0 Å². The number of benzene rings is 1. The van der Waals surface area contributed by atoms with Gasteiger partial charge in [0, 0.05) is 17.6 Å².